The zero-order chi connectivity index (χ0) is 22.1. The van der Waals surface area contributed by atoms with Crippen LogP contribution >= 0.6 is 0 Å². The predicted octanol–water partition coefficient (Wildman–Crippen LogP) is 4.81. The van der Waals surface area contributed by atoms with E-state index in [0.29, 0.717) is 0 Å². The number of rotatable bonds is 9. The zero-order valence-corrected chi connectivity index (χ0v) is 19.0. The van der Waals surface area contributed by atoms with Gasteiger partial charge in [-0.05, 0) is 44.5 Å². The van der Waals surface area contributed by atoms with Crippen LogP contribution < -0.4 is 26.8 Å². The van der Waals surface area contributed by atoms with Gasteiger partial charge in [-0.1, -0.05) is 63.2 Å². The molecule has 0 saturated carbocycles. The number of anilines is 1. The first-order valence-electron chi connectivity index (χ1n) is 10.4. The van der Waals surface area contributed by atoms with E-state index in [1.54, 1.807) is 7.11 Å². The maximum absolute atomic E-state index is 6.38. The fourth-order valence-corrected chi connectivity index (χ4v) is 2.67. The lowest BCUT2D eigenvalue weighted by Crippen LogP contribution is -2.21. The molecule has 0 fully saturated rings. The lowest BCUT2D eigenvalue weighted by atomic mass is 10.1. The van der Waals surface area contributed by atoms with E-state index in [1.807, 2.05) is 44.2 Å². The largest absolute Gasteiger partial charge is 0.496 e. The Balaban J connectivity index is 0.00000184. The maximum Gasteiger partial charge on any atom is 0.125 e. The Kier molecular flexibility index (Phi) is 15.0. The van der Waals surface area contributed by atoms with Crippen molar-refractivity contribution in [2.75, 3.05) is 26.0 Å². The molecule has 0 radical (unpaired) electrons. The van der Waals surface area contributed by atoms with E-state index in [1.165, 1.54) is 18.3 Å². The van der Waals surface area contributed by atoms with Crippen LogP contribution in [0.1, 0.15) is 51.4 Å². The van der Waals surface area contributed by atoms with E-state index < -0.39 is 0 Å². The third kappa shape index (κ3) is 9.50. The summed E-state index contributed by atoms with van der Waals surface area (Å²) in [6, 6.07) is 16.1. The average molecular weight is 401 g/mol. The second-order valence-electron chi connectivity index (χ2n) is 6.04. The Morgan fingerprint density at radius 2 is 1.69 bits per heavy atom. The van der Waals surface area contributed by atoms with Crippen LogP contribution in [0.2, 0.25) is 0 Å². The minimum absolute atomic E-state index is 0.333. The fraction of sp³-hybridized carbons (Fsp3) is 0.417. The van der Waals surface area contributed by atoms with Crippen molar-refractivity contribution in [3.8, 4) is 5.75 Å². The lowest BCUT2D eigenvalue weighted by molar-refractivity contribution is 0.407. The minimum atomic E-state index is -0.333. The van der Waals surface area contributed by atoms with Gasteiger partial charge in [0.25, 0.3) is 0 Å². The van der Waals surface area contributed by atoms with E-state index in [0.717, 1.165) is 36.4 Å². The minimum Gasteiger partial charge on any atom is -0.496 e. The Morgan fingerprint density at radius 3 is 2.34 bits per heavy atom. The number of benzene rings is 2. The van der Waals surface area contributed by atoms with Crippen molar-refractivity contribution in [3.63, 3.8) is 0 Å². The molecule has 0 aliphatic carbocycles. The van der Waals surface area contributed by atoms with E-state index in [9.17, 15) is 0 Å². The van der Waals surface area contributed by atoms with Gasteiger partial charge in [-0.3, -0.25) is 0 Å². The summed E-state index contributed by atoms with van der Waals surface area (Å²) >= 11 is 0. The molecule has 2 aromatic carbocycles. The third-order valence-electron chi connectivity index (χ3n) is 4.08. The van der Waals surface area contributed by atoms with Crippen molar-refractivity contribution >= 4 is 5.69 Å². The Hall–Kier alpha value is -2.50. The molecule has 6 N–H and O–H groups in total. The quantitative estimate of drug-likeness (QED) is 0.454. The Bertz CT molecular complexity index is 701. The third-order valence-corrected chi connectivity index (χ3v) is 4.08. The molecule has 2 aromatic rings. The number of nitrogens with two attached hydrogens (primary N) is 2. The molecule has 0 spiro atoms. The molecule has 0 bridgehead atoms. The van der Waals surface area contributed by atoms with E-state index in [4.69, 9.17) is 10.5 Å². The van der Waals surface area contributed by atoms with E-state index in [2.05, 4.69) is 54.5 Å². The molecular weight excluding hydrogens is 360 g/mol. The maximum atomic E-state index is 6.38. The molecule has 1 unspecified atom stereocenters. The highest BCUT2D eigenvalue weighted by atomic mass is 16.5. The number of nitrogens with one attached hydrogen (secondary N) is 2. The summed E-state index contributed by atoms with van der Waals surface area (Å²) in [5, 5.41) is 6.82. The highest BCUT2D eigenvalue weighted by molar-refractivity contribution is 5.54. The fourth-order valence-electron chi connectivity index (χ4n) is 2.67. The van der Waals surface area contributed by atoms with Crippen LogP contribution in [-0.2, 0) is 6.42 Å². The van der Waals surface area contributed by atoms with Gasteiger partial charge >= 0.3 is 0 Å². The second kappa shape index (κ2) is 16.5. The Morgan fingerprint density at radius 1 is 1.07 bits per heavy atom. The molecule has 0 heterocycles. The van der Waals surface area contributed by atoms with Crippen molar-refractivity contribution in [3.05, 3.63) is 71.4 Å². The number of hydrogen-bond acceptors (Lipinski definition) is 5. The molecule has 0 aliphatic rings. The number of methoxy groups -OCH3 is 1. The summed E-state index contributed by atoms with van der Waals surface area (Å²) in [6.45, 7) is 9.27. The molecule has 0 aliphatic heterocycles. The Labute approximate surface area is 177 Å². The van der Waals surface area contributed by atoms with Gasteiger partial charge in [-0.15, -0.1) is 0 Å². The van der Waals surface area contributed by atoms with Crippen LogP contribution in [0.5, 0.6) is 5.75 Å². The smallest absolute Gasteiger partial charge is 0.125 e. The highest BCUT2D eigenvalue weighted by Gasteiger charge is 2.12. The van der Waals surface area contributed by atoms with E-state index in [-0.39, 0.29) is 6.17 Å². The van der Waals surface area contributed by atoms with Crippen molar-refractivity contribution < 1.29 is 4.74 Å². The SMILES string of the molecule is CC.CCCN/C(C)=C\Cc1ccccc1NC(N)c1ccccc1OC.CN. The summed E-state index contributed by atoms with van der Waals surface area (Å²) in [7, 11) is 3.16. The molecule has 29 heavy (non-hydrogen) atoms. The van der Waals surface area contributed by atoms with Gasteiger partial charge in [0.1, 0.15) is 11.9 Å². The monoisotopic (exact) mass is 400 g/mol. The molecule has 0 saturated heterocycles. The summed E-state index contributed by atoms with van der Waals surface area (Å²) in [6.07, 6.45) is 3.85. The molecule has 1 atom stereocenters. The van der Waals surface area contributed by atoms with Crippen LogP contribution in [0.4, 0.5) is 5.69 Å². The van der Waals surface area contributed by atoms with Crippen LogP contribution in [0.25, 0.3) is 0 Å². The lowest BCUT2D eigenvalue weighted by Gasteiger charge is -2.20. The number of allylic oxidation sites excluding steroid dienone is 2. The van der Waals surface area contributed by atoms with Crippen LogP contribution in [-0.4, -0.2) is 20.7 Å². The first-order chi connectivity index (χ1) is 14.2. The zero-order valence-electron chi connectivity index (χ0n) is 19.0. The van der Waals surface area contributed by atoms with Gasteiger partial charge < -0.3 is 26.8 Å². The van der Waals surface area contributed by atoms with Gasteiger partial charge in [0.05, 0.1) is 7.11 Å². The standard InChI is InChI=1S/C21H29N3O.C2H6.CH5N/c1-4-15-23-16(2)13-14-17-9-5-7-11-19(17)24-21(22)18-10-6-8-12-20(18)25-3;2*1-2/h5-13,21,23-24H,4,14-15,22H2,1-3H3;1-2H3;2H2,1H3/b16-13-;;. The molecule has 0 amide bonds. The summed E-state index contributed by atoms with van der Waals surface area (Å²) < 4.78 is 5.41. The van der Waals surface area contributed by atoms with Gasteiger partial charge in [0.2, 0.25) is 0 Å². The van der Waals surface area contributed by atoms with Gasteiger partial charge in [-0.25, -0.2) is 0 Å². The summed E-state index contributed by atoms with van der Waals surface area (Å²) in [4.78, 5) is 0. The van der Waals surface area contributed by atoms with E-state index >= 15 is 0 Å². The van der Waals surface area contributed by atoms with Crippen LogP contribution in [0.3, 0.4) is 0 Å². The van der Waals surface area contributed by atoms with Gasteiger partial charge in [-0.2, -0.15) is 0 Å². The van der Waals surface area contributed by atoms with Crippen LogP contribution in [0.15, 0.2) is 60.3 Å². The molecule has 0 aromatic heterocycles. The summed E-state index contributed by atoms with van der Waals surface area (Å²) in [5.74, 6) is 0.791. The second-order valence-corrected chi connectivity index (χ2v) is 6.04. The number of ether oxygens (including phenoxy) is 1. The highest BCUT2D eigenvalue weighted by Crippen LogP contribution is 2.26. The van der Waals surface area contributed by atoms with Crippen molar-refractivity contribution in [2.24, 2.45) is 11.5 Å². The van der Waals surface area contributed by atoms with Crippen molar-refractivity contribution in [1.29, 1.82) is 0 Å². The van der Waals surface area contributed by atoms with Crippen molar-refractivity contribution in [2.45, 2.75) is 46.7 Å². The number of para-hydroxylation sites is 2. The topological polar surface area (TPSA) is 85.3 Å². The first-order valence-corrected chi connectivity index (χ1v) is 10.4. The molecule has 5 heteroatoms. The van der Waals surface area contributed by atoms with Gasteiger partial charge in [0.15, 0.2) is 0 Å². The number of hydrogen-bond donors (Lipinski definition) is 4. The molecular formula is C24H40N4O. The van der Waals surface area contributed by atoms with Crippen LogP contribution in [0, 0.1) is 0 Å². The van der Waals surface area contributed by atoms with Crippen molar-refractivity contribution in [1.82, 2.24) is 5.32 Å². The summed E-state index contributed by atoms with van der Waals surface area (Å²) in [5.41, 5.74) is 15.3. The predicted molar refractivity (Wildman–Crippen MR) is 127 cm³/mol. The van der Waals surface area contributed by atoms with Gasteiger partial charge in [0, 0.05) is 23.5 Å². The average Bonchev–Trinajstić information content (AvgIpc) is 2.79. The normalized spacial score (nSPS) is 11.2. The molecule has 2 rings (SSSR count). The molecule has 162 valence electrons. The first kappa shape index (κ1) is 26.5. The molecule has 5 nitrogen and oxygen atoms in total.